The van der Waals surface area contributed by atoms with Gasteiger partial charge in [-0.05, 0) is 36.8 Å². The minimum absolute atomic E-state index is 0.228. The molecule has 0 heterocycles. The fourth-order valence-electron chi connectivity index (χ4n) is 1.88. The molecule has 2 nitrogen and oxygen atoms in total. The molecule has 21 heavy (non-hydrogen) atoms. The lowest BCUT2D eigenvalue weighted by Crippen LogP contribution is -2.27. The lowest BCUT2D eigenvalue weighted by atomic mass is 10.1. The van der Waals surface area contributed by atoms with Crippen molar-refractivity contribution < 1.29 is 13.6 Å². The number of hydrogen-bond donors (Lipinski definition) is 1. The number of hydrogen-bond acceptors (Lipinski definition) is 1. The standard InChI is InChI=1S/C15H11Cl2F2NO/c1-8(11-4-2-9(16)6-13(11)17)20-15(21)12-5-3-10(18)7-14(12)19/h2-8H,1H3,(H,20,21)/t8-/m1/s1. The van der Waals surface area contributed by atoms with Crippen molar-refractivity contribution in [2.75, 3.05) is 0 Å². The molecule has 1 amide bonds. The van der Waals surface area contributed by atoms with Crippen molar-refractivity contribution >= 4 is 29.1 Å². The zero-order valence-electron chi connectivity index (χ0n) is 11.0. The Hall–Kier alpha value is -1.65. The summed E-state index contributed by atoms with van der Waals surface area (Å²) >= 11 is 11.8. The quantitative estimate of drug-likeness (QED) is 0.863. The summed E-state index contributed by atoms with van der Waals surface area (Å²) in [6.07, 6.45) is 0. The van der Waals surface area contributed by atoms with Crippen molar-refractivity contribution in [2.24, 2.45) is 0 Å². The summed E-state index contributed by atoms with van der Waals surface area (Å²) in [5.41, 5.74) is 0.422. The van der Waals surface area contributed by atoms with Crippen LogP contribution < -0.4 is 5.32 Å². The number of carbonyl (C=O) groups excluding carboxylic acids is 1. The highest BCUT2D eigenvalue weighted by molar-refractivity contribution is 6.35. The largest absolute Gasteiger partial charge is 0.345 e. The van der Waals surface area contributed by atoms with Gasteiger partial charge in [-0.15, -0.1) is 0 Å². The van der Waals surface area contributed by atoms with Crippen LogP contribution in [-0.4, -0.2) is 5.91 Å². The Morgan fingerprint density at radius 2 is 1.86 bits per heavy atom. The number of nitrogens with one attached hydrogen (secondary N) is 1. The Morgan fingerprint density at radius 3 is 2.48 bits per heavy atom. The molecule has 6 heteroatoms. The second-order valence-corrected chi connectivity index (χ2v) is 5.33. The van der Waals surface area contributed by atoms with Gasteiger partial charge in [-0.2, -0.15) is 0 Å². The van der Waals surface area contributed by atoms with E-state index < -0.39 is 23.6 Å². The van der Waals surface area contributed by atoms with E-state index >= 15 is 0 Å². The first-order valence-electron chi connectivity index (χ1n) is 6.09. The summed E-state index contributed by atoms with van der Waals surface area (Å²) < 4.78 is 26.4. The highest BCUT2D eigenvalue weighted by Gasteiger charge is 2.17. The molecule has 0 radical (unpaired) electrons. The first-order chi connectivity index (χ1) is 9.88. The number of amides is 1. The monoisotopic (exact) mass is 329 g/mol. The molecule has 0 aromatic heterocycles. The Kier molecular flexibility index (Phi) is 4.80. The summed E-state index contributed by atoms with van der Waals surface area (Å²) in [5.74, 6) is -2.30. The van der Waals surface area contributed by atoms with E-state index in [-0.39, 0.29) is 5.56 Å². The molecular weight excluding hydrogens is 319 g/mol. The zero-order valence-corrected chi connectivity index (χ0v) is 12.5. The van der Waals surface area contributed by atoms with Crippen molar-refractivity contribution in [2.45, 2.75) is 13.0 Å². The third kappa shape index (κ3) is 3.71. The predicted octanol–water partition coefficient (Wildman–Crippen LogP) is 4.76. The zero-order chi connectivity index (χ0) is 15.6. The van der Waals surface area contributed by atoms with Gasteiger partial charge >= 0.3 is 0 Å². The third-order valence-corrected chi connectivity index (χ3v) is 3.51. The maximum atomic E-state index is 13.5. The van der Waals surface area contributed by atoms with Gasteiger partial charge in [0.05, 0.1) is 11.6 Å². The lowest BCUT2D eigenvalue weighted by molar-refractivity contribution is 0.0936. The molecule has 2 aromatic rings. The Morgan fingerprint density at radius 1 is 1.14 bits per heavy atom. The molecule has 2 aromatic carbocycles. The molecule has 2 rings (SSSR count). The molecule has 0 aliphatic carbocycles. The van der Waals surface area contributed by atoms with E-state index in [1.807, 2.05) is 0 Å². The number of benzene rings is 2. The maximum Gasteiger partial charge on any atom is 0.254 e. The van der Waals surface area contributed by atoms with E-state index in [2.05, 4.69) is 5.32 Å². The van der Waals surface area contributed by atoms with E-state index in [1.165, 1.54) is 0 Å². The molecule has 0 aliphatic heterocycles. The Labute approximate surface area is 130 Å². The molecule has 0 bridgehead atoms. The van der Waals surface area contributed by atoms with Gasteiger partial charge in [0.1, 0.15) is 11.6 Å². The normalized spacial score (nSPS) is 12.0. The fourth-order valence-corrected chi connectivity index (χ4v) is 2.45. The first-order valence-corrected chi connectivity index (χ1v) is 6.85. The number of halogens is 4. The van der Waals surface area contributed by atoms with Crippen molar-refractivity contribution in [3.8, 4) is 0 Å². The van der Waals surface area contributed by atoms with Gasteiger partial charge in [-0.3, -0.25) is 4.79 Å². The predicted molar refractivity (Wildman–Crippen MR) is 78.7 cm³/mol. The summed E-state index contributed by atoms with van der Waals surface area (Å²) in [6, 6.07) is 7.20. The highest BCUT2D eigenvalue weighted by Crippen LogP contribution is 2.26. The van der Waals surface area contributed by atoms with Crippen molar-refractivity contribution in [1.29, 1.82) is 0 Å². The molecule has 0 saturated carbocycles. The number of rotatable bonds is 3. The second-order valence-electron chi connectivity index (χ2n) is 4.49. The van der Waals surface area contributed by atoms with Gasteiger partial charge in [0.2, 0.25) is 0 Å². The van der Waals surface area contributed by atoms with E-state index in [9.17, 15) is 13.6 Å². The molecule has 0 fully saturated rings. The first kappa shape index (κ1) is 15.7. The van der Waals surface area contributed by atoms with Gasteiger partial charge in [0.15, 0.2) is 0 Å². The molecule has 1 N–H and O–H groups in total. The summed E-state index contributed by atoms with van der Waals surface area (Å²) in [7, 11) is 0. The lowest BCUT2D eigenvalue weighted by Gasteiger charge is -2.16. The van der Waals surface area contributed by atoms with Crippen LogP contribution in [0.15, 0.2) is 36.4 Å². The third-order valence-electron chi connectivity index (χ3n) is 2.95. The Balaban J connectivity index is 2.18. The molecule has 0 saturated heterocycles. The molecule has 1 atom stereocenters. The summed E-state index contributed by atoms with van der Waals surface area (Å²) in [5, 5.41) is 3.48. The van der Waals surface area contributed by atoms with Gasteiger partial charge < -0.3 is 5.32 Å². The van der Waals surface area contributed by atoms with Crippen LogP contribution in [-0.2, 0) is 0 Å². The molecule has 0 unspecified atom stereocenters. The second kappa shape index (κ2) is 6.41. The van der Waals surface area contributed by atoms with Crippen molar-refractivity contribution in [3.63, 3.8) is 0 Å². The van der Waals surface area contributed by atoms with Crippen LogP contribution in [0.25, 0.3) is 0 Å². The van der Waals surface area contributed by atoms with Crippen molar-refractivity contribution in [1.82, 2.24) is 5.32 Å². The highest BCUT2D eigenvalue weighted by atomic mass is 35.5. The van der Waals surface area contributed by atoms with Gasteiger partial charge in [0.25, 0.3) is 5.91 Å². The molecule has 110 valence electrons. The minimum atomic E-state index is -0.915. The molecule has 0 aliphatic rings. The van der Waals surface area contributed by atoms with Crippen LogP contribution in [0, 0.1) is 11.6 Å². The minimum Gasteiger partial charge on any atom is -0.345 e. The van der Waals surface area contributed by atoms with Crippen LogP contribution in [0.4, 0.5) is 8.78 Å². The summed E-state index contributed by atoms with van der Waals surface area (Å²) in [6.45, 7) is 1.70. The topological polar surface area (TPSA) is 29.1 Å². The SMILES string of the molecule is C[C@@H](NC(=O)c1ccc(F)cc1F)c1ccc(Cl)cc1Cl. The fraction of sp³-hybridized carbons (Fsp3) is 0.133. The number of carbonyl (C=O) groups is 1. The van der Waals surface area contributed by atoms with Crippen LogP contribution in [0.5, 0.6) is 0 Å². The van der Waals surface area contributed by atoms with Gasteiger partial charge in [-0.1, -0.05) is 29.3 Å². The van der Waals surface area contributed by atoms with E-state index in [1.54, 1.807) is 25.1 Å². The maximum absolute atomic E-state index is 13.5. The van der Waals surface area contributed by atoms with Crippen LogP contribution in [0.2, 0.25) is 10.0 Å². The van der Waals surface area contributed by atoms with Crippen LogP contribution >= 0.6 is 23.2 Å². The van der Waals surface area contributed by atoms with Gasteiger partial charge in [0, 0.05) is 16.1 Å². The average Bonchev–Trinajstić information content (AvgIpc) is 2.37. The van der Waals surface area contributed by atoms with Gasteiger partial charge in [-0.25, -0.2) is 8.78 Å². The summed E-state index contributed by atoms with van der Waals surface area (Å²) in [4.78, 5) is 12.0. The van der Waals surface area contributed by atoms with E-state index in [0.29, 0.717) is 21.7 Å². The molecule has 0 spiro atoms. The average molecular weight is 330 g/mol. The van der Waals surface area contributed by atoms with Crippen LogP contribution in [0.1, 0.15) is 28.9 Å². The Bertz CT molecular complexity index is 691. The smallest absolute Gasteiger partial charge is 0.254 e. The van der Waals surface area contributed by atoms with E-state index in [4.69, 9.17) is 23.2 Å². The van der Waals surface area contributed by atoms with Crippen molar-refractivity contribution in [3.05, 3.63) is 69.2 Å². The molecular formula is C15H11Cl2F2NO. The van der Waals surface area contributed by atoms with E-state index in [0.717, 1.165) is 12.1 Å². The van der Waals surface area contributed by atoms with Crippen LogP contribution in [0.3, 0.4) is 0 Å².